The summed E-state index contributed by atoms with van der Waals surface area (Å²) in [5, 5.41) is 4.96. The highest BCUT2D eigenvalue weighted by molar-refractivity contribution is 9.11. The zero-order chi connectivity index (χ0) is 24.0. The van der Waals surface area contributed by atoms with Crippen molar-refractivity contribution in [1.29, 1.82) is 0 Å². The van der Waals surface area contributed by atoms with Crippen LogP contribution in [0.5, 0.6) is 5.75 Å². The number of carbonyl (C=O) groups excluding carboxylic acids is 1. The van der Waals surface area contributed by atoms with E-state index in [1.165, 1.54) is 4.68 Å². The Labute approximate surface area is 216 Å². The quantitative estimate of drug-likeness (QED) is 0.216. The van der Waals surface area contributed by atoms with E-state index in [9.17, 15) is 9.59 Å². The molecule has 0 aliphatic rings. The molecule has 0 N–H and O–H groups in total. The SMILES string of the molecule is CCCCc1nc2ccc(Br)cc2c(=O)n1N=Cc1cc(Br)c(OCC(=O)OCC)c(Br)c1. The zero-order valence-electron chi connectivity index (χ0n) is 18.1. The van der Waals surface area contributed by atoms with Crippen LogP contribution in [0.1, 0.15) is 38.1 Å². The largest absolute Gasteiger partial charge is 0.480 e. The predicted octanol–water partition coefficient (Wildman–Crippen LogP) is 5.85. The van der Waals surface area contributed by atoms with E-state index in [-0.39, 0.29) is 12.2 Å². The molecule has 1 heterocycles. The molecule has 0 aliphatic carbocycles. The lowest BCUT2D eigenvalue weighted by atomic mass is 10.2. The summed E-state index contributed by atoms with van der Waals surface area (Å²) in [4.78, 5) is 29.4. The number of carbonyl (C=O) groups is 1. The van der Waals surface area contributed by atoms with E-state index in [0.29, 0.717) is 44.4 Å². The second-order valence-corrected chi connectivity index (χ2v) is 9.69. The van der Waals surface area contributed by atoms with Crippen molar-refractivity contribution in [3.05, 3.63) is 65.5 Å². The Balaban J connectivity index is 1.95. The van der Waals surface area contributed by atoms with Gasteiger partial charge in [-0.25, -0.2) is 9.78 Å². The molecule has 2 aromatic carbocycles. The fourth-order valence-electron chi connectivity index (χ4n) is 3.06. The molecule has 0 radical (unpaired) electrons. The van der Waals surface area contributed by atoms with Gasteiger partial charge in [-0.05, 0) is 81.1 Å². The standard InChI is InChI=1S/C23H22Br3N3O4/c1-3-5-6-20-28-19-8-7-15(24)11-16(19)23(31)29(20)27-12-14-9-17(25)22(18(26)10-14)33-13-21(30)32-4-2/h7-12H,3-6,13H2,1-2H3. The molecular weight excluding hydrogens is 622 g/mol. The third-order valence-corrected chi connectivity index (χ3v) is 6.28. The number of hydrogen-bond donors (Lipinski definition) is 0. The van der Waals surface area contributed by atoms with Crippen LogP contribution in [0.25, 0.3) is 10.9 Å². The summed E-state index contributed by atoms with van der Waals surface area (Å²) < 4.78 is 13.9. The lowest BCUT2D eigenvalue weighted by Gasteiger charge is -2.11. The Kier molecular flexibility index (Phi) is 9.22. The highest BCUT2D eigenvalue weighted by Crippen LogP contribution is 2.34. The number of aromatic nitrogens is 2. The molecule has 174 valence electrons. The van der Waals surface area contributed by atoms with Gasteiger partial charge in [-0.15, -0.1) is 0 Å². The third kappa shape index (κ3) is 6.51. The number of rotatable bonds is 9. The molecule has 0 unspecified atom stereocenters. The molecule has 0 atom stereocenters. The number of esters is 1. The fraction of sp³-hybridized carbons (Fsp3) is 0.304. The minimum atomic E-state index is -0.448. The van der Waals surface area contributed by atoms with E-state index in [1.54, 1.807) is 31.3 Å². The van der Waals surface area contributed by atoms with E-state index in [0.717, 1.165) is 22.9 Å². The van der Waals surface area contributed by atoms with Crippen molar-refractivity contribution in [3.63, 3.8) is 0 Å². The highest BCUT2D eigenvalue weighted by Gasteiger charge is 2.13. The van der Waals surface area contributed by atoms with E-state index in [1.807, 2.05) is 12.1 Å². The smallest absolute Gasteiger partial charge is 0.344 e. The van der Waals surface area contributed by atoms with Crippen LogP contribution in [0.15, 0.2) is 53.6 Å². The summed E-state index contributed by atoms with van der Waals surface area (Å²) in [6, 6.07) is 9.02. The molecule has 3 rings (SSSR count). The van der Waals surface area contributed by atoms with Crippen molar-refractivity contribution in [2.45, 2.75) is 33.1 Å². The summed E-state index contributed by atoms with van der Waals surface area (Å²) in [7, 11) is 0. The van der Waals surface area contributed by atoms with Crippen molar-refractivity contribution in [2.24, 2.45) is 5.10 Å². The molecule has 0 bridgehead atoms. The van der Waals surface area contributed by atoms with Crippen LogP contribution < -0.4 is 10.3 Å². The fourth-order valence-corrected chi connectivity index (χ4v) is 4.87. The maximum absolute atomic E-state index is 13.2. The molecular formula is C23H22Br3N3O4. The summed E-state index contributed by atoms with van der Waals surface area (Å²) in [6.45, 7) is 3.92. The molecule has 3 aromatic rings. The average molecular weight is 644 g/mol. The number of hydrogen-bond acceptors (Lipinski definition) is 6. The number of benzene rings is 2. The van der Waals surface area contributed by atoms with Gasteiger partial charge in [0, 0.05) is 10.9 Å². The summed E-state index contributed by atoms with van der Waals surface area (Å²) >= 11 is 10.3. The Morgan fingerprint density at radius 2 is 1.88 bits per heavy atom. The molecule has 33 heavy (non-hydrogen) atoms. The van der Waals surface area contributed by atoms with Gasteiger partial charge in [-0.1, -0.05) is 29.3 Å². The molecule has 0 saturated carbocycles. The van der Waals surface area contributed by atoms with E-state index < -0.39 is 5.97 Å². The number of ether oxygens (including phenoxy) is 2. The average Bonchev–Trinajstić information content (AvgIpc) is 2.77. The Morgan fingerprint density at radius 3 is 2.55 bits per heavy atom. The van der Waals surface area contributed by atoms with Crippen LogP contribution >= 0.6 is 47.8 Å². The molecule has 0 spiro atoms. The Morgan fingerprint density at radius 1 is 1.15 bits per heavy atom. The minimum absolute atomic E-state index is 0.201. The third-order valence-electron chi connectivity index (χ3n) is 4.61. The van der Waals surface area contributed by atoms with Crippen molar-refractivity contribution in [2.75, 3.05) is 13.2 Å². The summed E-state index contributed by atoms with van der Waals surface area (Å²) in [6.07, 6.45) is 4.11. The Hall–Kier alpha value is -2.04. The van der Waals surface area contributed by atoms with Gasteiger partial charge in [0.1, 0.15) is 11.6 Å². The van der Waals surface area contributed by atoms with Crippen molar-refractivity contribution >= 4 is 70.9 Å². The van der Waals surface area contributed by atoms with Crippen LogP contribution in [0.2, 0.25) is 0 Å². The van der Waals surface area contributed by atoms with Gasteiger partial charge < -0.3 is 9.47 Å². The maximum Gasteiger partial charge on any atom is 0.344 e. The van der Waals surface area contributed by atoms with E-state index in [4.69, 9.17) is 9.47 Å². The topological polar surface area (TPSA) is 82.8 Å². The van der Waals surface area contributed by atoms with Gasteiger partial charge in [-0.3, -0.25) is 4.79 Å². The van der Waals surface area contributed by atoms with E-state index in [2.05, 4.69) is 64.8 Å². The van der Waals surface area contributed by atoms with Gasteiger partial charge in [-0.2, -0.15) is 9.78 Å². The first-order chi connectivity index (χ1) is 15.8. The molecule has 10 heteroatoms. The molecule has 0 fully saturated rings. The first-order valence-corrected chi connectivity index (χ1v) is 12.7. The number of halogens is 3. The molecule has 0 aliphatic heterocycles. The van der Waals surface area contributed by atoms with Gasteiger partial charge in [0.05, 0.1) is 32.7 Å². The maximum atomic E-state index is 13.2. The second kappa shape index (κ2) is 11.9. The normalized spacial score (nSPS) is 11.3. The van der Waals surface area contributed by atoms with E-state index >= 15 is 0 Å². The minimum Gasteiger partial charge on any atom is -0.480 e. The van der Waals surface area contributed by atoms with Crippen LogP contribution in [-0.2, 0) is 16.0 Å². The van der Waals surface area contributed by atoms with Gasteiger partial charge in [0.25, 0.3) is 5.56 Å². The molecule has 0 saturated heterocycles. The highest BCUT2D eigenvalue weighted by atomic mass is 79.9. The van der Waals surface area contributed by atoms with Gasteiger partial charge >= 0.3 is 5.97 Å². The predicted molar refractivity (Wildman–Crippen MR) is 139 cm³/mol. The van der Waals surface area contributed by atoms with Crippen LogP contribution in [0, 0.1) is 0 Å². The Bertz CT molecular complexity index is 1230. The first-order valence-electron chi connectivity index (χ1n) is 10.4. The van der Waals surface area contributed by atoms with Crippen molar-refractivity contribution in [3.8, 4) is 5.75 Å². The first kappa shape index (κ1) is 25.6. The van der Waals surface area contributed by atoms with Crippen molar-refractivity contribution in [1.82, 2.24) is 9.66 Å². The number of aryl methyl sites for hydroxylation is 1. The number of nitrogens with zero attached hydrogens (tertiary/aromatic N) is 3. The monoisotopic (exact) mass is 641 g/mol. The van der Waals surface area contributed by atoms with Crippen LogP contribution in [0.4, 0.5) is 0 Å². The zero-order valence-corrected chi connectivity index (χ0v) is 22.9. The van der Waals surface area contributed by atoms with Crippen LogP contribution in [0.3, 0.4) is 0 Å². The lowest BCUT2D eigenvalue weighted by molar-refractivity contribution is -0.145. The molecule has 1 aromatic heterocycles. The van der Waals surface area contributed by atoms with Crippen molar-refractivity contribution < 1.29 is 14.3 Å². The summed E-state index contributed by atoms with van der Waals surface area (Å²) in [5.41, 5.74) is 1.14. The number of fused-ring (bicyclic) bond motifs is 1. The van der Waals surface area contributed by atoms with Crippen LogP contribution in [-0.4, -0.2) is 35.1 Å². The summed E-state index contributed by atoms with van der Waals surface area (Å²) in [5.74, 6) is 0.634. The lowest BCUT2D eigenvalue weighted by Crippen LogP contribution is -2.22. The van der Waals surface area contributed by atoms with Gasteiger partial charge in [0.15, 0.2) is 6.61 Å². The second-order valence-electron chi connectivity index (χ2n) is 7.06. The molecule has 0 amide bonds. The number of unbranched alkanes of at least 4 members (excludes halogenated alkanes) is 1. The molecule has 7 nitrogen and oxygen atoms in total. The van der Waals surface area contributed by atoms with Gasteiger partial charge in [0.2, 0.25) is 0 Å².